The van der Waals surface area contributed by atoms with Crippen LogP contribution in [0.15, 0.2) is 92.8 Å². The molecule has 0 saturated heterocycles. The first-order chi connectivity index (χ1) is 17.2. The van der Waals surface area contributed by atoms with Crippen molar-refractivity contribution < 1.29 is 4.79 Å². The van der Waals surface area contributed by atoms with Gasteiger partial charge in [-0.25, -0.2) is 4.98 Å². The third-order valence-electron chi connectivity index (χ3n) is 5.06. The van der Waals surface area contributed by atoms with E-state index in [-0.39, 0.29) is 11.7 Å². The Hall–Kier alpha value is -2.66. The van der Waals surface area contributed by atoms with Gasteiger partial charge >= 0.3 is 0 Å². The van der Waals surface area contributed by atoms with E-state index in [1.165, 1.54) is 16.5 Å². The zero-order valence-electron chi connectivity index (χ0n) is 18.4. The van der Waals surface area contributed by atoms with Gasteiger partial charge in [0, 0.05) is 4.47 Å². The van der Waals surface area contributed by atoms with Gasteiger partial charge in [-0.1, -0.05) is 78.1 Å². The van der Waals surface area contributed by atoms with E-state index in [0.29, 0.717) is 12.3 Å². The van der Waals surface area contributed by atoms with Crippen molar-refractivity contribution in [3.8, 4) is 0 Å². The zero-order chi connectivity index (χ0) is 24.0. The number of para-hydroxylation sites is 2. The molecule has 2 heterocycles. The van der Waals surface area contributed by atoms with Crippen LogP contribution in [0.2, 0.25) is 0 Å². The van der Waals surface area contributed by atoms with Gasteiger partial charge in [0.2, 0.25) is 5.91 Å². The Morgan fingerprint density at radius 2 is 1.71 bits per heavy atom. The van der Waals surface area contributed by atoms with Crippen molar-refractivity contribution in [2.24, 2.45) is 0 Å². The topological polar surface area (TPSA) is 72.7 Å². The molecule has 1 amide bonds. The van der Waals surface area contributed by atoms with E-state index < -0.39 is 0 Å². The number of rotatable bonds is 9. The number of halogens is 1. The SMILES string of the molecule is O=C(CSc1nnc(CSc2nc3ccccc3s2)n1Cc1ccccc1)Nc1ccccc1Br. The van der Waals surface area contributed by atoms with Gasteiger partial charge in [0.25, 0.3) is 0 Å². The predicted molar refractivity (Wildman–Crippen MR) is 148 cm³/mol. The van der Waals surface area contributed by atoms with Gasteiger partial charge in [0.1, 0.15) is 5.82 Å². The molecule has 0 fully saturated rings. The van der Waals surface area contributed by atoms with Gasteiger partial charge in [0.05, 0.1) is 34.0 Å². The maximum atomic E-state index is 12.6. The van der Waals surface area contributed by atoms with Gasteiger partial charge in [-0.15, -0.1) is 21.5 Å². The van der Waals surface area contributed by atoms with Gasteiger partial charge < -0.3 is 9.88 Å². The second kappa shape index (κ2) is 11.4. The highest BCUT2D eigenvalue weighted by Crippen LogP contribution is 2.32. The number of hydrogen-bond donors (Lipinski definition) is 1. The van der Waals surface area contributed by atoms with E-state index in [2.05, 4.69) is 54.2 Å². The molecule has 0 aliphatic carbocycles. The Morgan fingerprint density at radius 1 is 0.943 bits per heavy atom. The van der Waals surface area contributed by atoms with Crippen molar-refractivity contribution in [1.82, 2.24) is 19.7 Å². The Balaban J connectivity index is 1.31. The van der Waals surface area contributed by atoms with Crippen LogP contribution >= 0.6 is 50.8 Å². The number of benzene rings is 3. The number of thioether (sulfide) groups is 2. The Labute approximate surface area is 223 Å². The number of anilines is 1. The zero-order valence-corrected chi connectivity index (χ0v) is 22.5. The quantitative estimate of drug-likeness (QED) is 0.195. The minimum absolute atomic E-state index is 0.0958. The van der Waals surface area contributed by atoms with Crippen LogP contribution in [0.3, 0.4) is 0 Å². The standard InChI is InChI=1S/C25H20BrN5OS3/c26-18-10-4-5-11-19(18)27-23(32)16-33-24-30-29-22(31(24)14-17-8-2-1-3-9-17)15-34-25-28-20-12-6-7-13-21(20)35-25/h1-13H,14-16H2,(H,27,32). The number of carbonyl (C=O) groups is 1. The molecule has 0 saturated carbocycles. The molecule has 0 aliphatic rings. The summed E-state index contributed by atoms with van der Waals surface area (Å²) in [4.78, 5) is 17.3. The average molecular weight is 583 g/mol. The second-order valence-electron chi connectivity index (χ2n) is 7.52. The molecular formula is C25H20BrN5OS3. The number of fused-ring (bicyclic) bond motifs is 1. The number of hydrogen-bond acceptors (Lipinski definition) is 7. The van der Waals surface area contributed by atoms with Crippen molar-refractivity contribution in [2.45, 2.75) is 21.8 Å². The molecule has 5 aromatic rings. The number of thiazole rings is 1. The normalized spacial score (nSPS) is 11.1. The number of nitrogens with zero attached hydrogens (tertiary/aromatic N) is 4. The third kappa shape index (κ3) is 6.13. The van der Waals surface area contributed by atoms with E-state index in [1.807, 2.05) is 60.7 Å². The lowest BCUT2D eigenvalue weighted by Gasteiger charge is -2.10. The molecule has 0 atom stereocenters. The van der Waals surface area contributed by atoms with E-state index in [0.717, 1.165) is 36.6 Å². The molecule has 0 aliphatic heterocycles. The van der Waals surface area contributed by atoms with Crippen molar-refractivity contribution in [3.63, 3.8) is 0 Å². The fourth-order valence-electron chi connectivity index (χ4n) is 3.38. The smallest absolute Gasteiger partial charge is 0.234 e. The maximum Gasteiger partial charge on any atom is 0.234 e. The summed E-state index contributed by atoms with van der Waals surface area (Å²) in [6, 6.07) is 25.9. The average Bonchev–Trinajstić information content (AvgIpc) is 3.47. The van der Waals surface area contributed by atoms with Crippen LogP contribution in [0, 0.1) is 0 Å². The minimum Gasteiger partial charge on any atom is -0.324 e. The highest BCUT2D eigenvalue weighted by molar-refractivity contribution is 9.10. The van der Waals surface area contributed by atoms with Crippen molar-refractivity contribution in [2.75, 3.05) is 11.1 Å². The first-order valence-electron chi connectivity index (χ1n) is 10.8. The number of amides is 1. The molecule has 0 bridgehead atoms. The summed E-state index contributed by atoms with van der Waals surface area (Å²) < 4.78 is 5.11. The summed E-state index contributed by atoms with van der Waals surface area (Å²) in [5.74, 6) is 1.64. The first kappa shape index (κ1) is 24.1. The fourth-order valence-corrected chi connectivity index (χ4v) is 6.52. The molecular weight excluding hydrogens is 562 g/mol. The molecule has 6 nitrogen and oxygen atoms in total. The Morgan fingerprint density at radius 3 is 2.54 bits per heavy atom. The second-order valence-corrected chi connectivity index (χ2v) is 11.6. The summed E-state index contributed by atoms with van der Waals surface area (Å²) in [5, 5.41) is 12.5. The summed E-state index contributed by atoms with van der Waals surface area (Å²) in [6.45, 7) is 0.637. The Kier molecular flexibility index (Phi) is 7.82. The summed E-state index contributed by atoms with van der Waals surface area (Å²) in [5.41, 5.74) is 2.91. The molecule has 0 spiro atoms. The number of aromatic nitrogens is 4. The van der Waals surface area contributed by atoms with Gasteiger partial charge in [0.15, 0.2) is 9.50 Å². The van der Waals surface area contributed by atoms with Gasteiger partial charge in [-0.05, 0) is 45.8 Å². The van der Waals surface area contributed by atoms with E-state index in [9.17, 15) is 4.79 Å². The summed E-state index contributed by atoms with van der Waals surface area (Å²) in [6.07, 6.45) is 0. The van der Waals surface area contributed by atoms with Crippen LogP contribution in [-0.4, -0.2) is 31.4 Å². The Bertz CT molecular complexity index is 1420. The van der Waals surface area contributed by atoms with Crippen LogP contribution in [0.4, 0.5) is 5.69 Å². The highest BCUT2D eigenvalue weighted by atomic mass is 79.9. The largest absolute Gasteiger partial charge is 0.324 e. The molecule has 2 aromatic heterocycles. The first-order valence-corrected chi connectivity index (χ1v) is 14.4. The van der Waals surface area contributed by atoms with Crippen molar-refractivity contribution >= 4 is 72.6 Å². The lowest BCUT2D eigenvalue weighted by atomic mass is 10.2. The lowest BCUT2D eigenvalue weighted by molar-refractivity contribution is -0.113. The fraction of sp³-hybridized carbons (Fsp3) is 0.120. The number of nitrogens with one attached hydrogen (secondary N) is 1. The van der Waals surface area contributed by atoms with E-state index >= 15 is 0 Å². The molecule has 1 N–H and O–H groups in total. The molecule has 0 unspecified atom stereocenters. The van der Waals surface area contributed by atoms with Crippen LogP contribution in [0.1, 0.15) is 11.4 Å². The van der Waals surface area contributed by atoms with Crippen LogP contribution in [-0.2, 0) is 17.1 Å². The van der Waals surface area contributed by atoms with Crippen LogP contribution in [0.5, 0.6) is 0 Å². The summed E-state index contributed by atoms with van der Waals surface area (Å²) in [7, 11) is 0. The van der Waals surface area contributed by atoms with Crippen LogP contribution < -0.4 is 5.32 Å². The summed E-state index contributed by atoms with van der Waals surface area (Å²) >= 11 is 8.19. The van der Waals surface area contributed by atoms with Crippen LogP contribution in [0.25, 0.3) is 10.2 Å². The highest BCUT2D eigenvalue weighted by Gasteiger charge is 2.16. The molecule has 3 aromatic carbocycles. The molecule has 10 heteroatoms. The van der Waals surface area contributed by atoms with Gasteiger partial charge in [-0.2, -0.15) is 0 Å². The van der Waals surface area contributed by atoms with Crippen molar-refractivity contribution in [1.29, 1.82) is 0 Å². The monoisotopic (exact) mass is 581 g/mol. The third-order valence-corrected chi connectivity index (χ3v) is 8.89. The molecule has 0 radical (unpaired) electrons. The van der Waals surface area contributed by atoms with E-state index in [4.69, 9.17) is 4.98 Å². The number of carbonyl (C=O) groups excluding carboxylic acids is 1. The molecule has 5 rings (SSSR count). The van der Waals surface area contributed by atoms with Gasteiger partial charge in [-0.3, -0.25) is 4.79 Å². The van der Waals surface area contributed by atoms with E-state index in [1.54, 1.807) is 23.1 Å². The predicted octanol–water partition coefficient (Wildman–Crippen LogP) is 6.72. The van der Waals surface area contributed by atoms with Crippen molar-refractivity contribution in [3.05, 3.63) is 94.7 Å². The minimum atomic E-state index is -0.0958. The molecule has 35 heavy (non-hydrogen) atoms. The lowest BCUT2D eigenvalue weighted by Crippen LogP contribution is -2.15. The molecule has 176 valence electrons. The maximum absolute atomic E-state index is 12.6.